The molecule has 3 unspecified atom stereocenters. The number of ether oxygens (including phenoxy) is 1. The standard InChI is InChI=1S/C16H24N2O/c1-12-11-13(17-2)7-9-18(12)15-8-10-19-16-6-4-3-5-14(15)16/h3-6,12-13,15,17H,7-11H2,1-2H3. The lowest BCUT2D eigenvalue weighted by Gasteiger charge is -2.44. The van der Waals surface area contributed by atoms with E-state index < -0.39 is 0 Å². The number of likely N-dealkylation sites (tertiary alicyclic amines) is 1. The lowest BCUT2D eigenvalue weighted by molar-refractivity contribution is 0.0644. The van der Waals surface area contributed by atoms with Crippen molar-refractivity contribution in [2.24, 2.45) is 0 Å². The summed E-state index contributed by atoms with van der Waals surface area (Å²) in [6, 6.07) is 10.4. The fourth-order valence-corrected chi connectivity index (χ4v) is 3.58. The third-order valence-electron chi connectivity index (χ3n) is 4.66. The number of fused-ring (bicyclic) bond motifs is 1. The van der Waals surface area contributed by atoms with Crippen molar-refractivity contribution in [3.63, 3.8) is 0 Å². The smallest absolute Gasteiger partial charge is 0.124 e. The lowest BCUT2D eigenvalue weighted by Crippen LogP contribution is -2.48. The Morgan fingerprint density at radius 3 is 2.89 bits per heavy atom. The van der Waals surface area contributed by atoms with Crippen molar-refractivity contribution in [3.05, 3.63) is 29.8 Å². The molecule has 3 rings (SSSR count). The van der Waals surface area contributed by atoms with Gasteiger partial charge < -0.3 is 10.1 Å². The van der Waals surface area contributed by atoms with Crippen LogP contribution in [0, 0.1) is 0 Å². The SMILES string of the molecule is CNC1CCN(C2CCOc3ccccc32)C(C)C1. The molecule has 3 heteroatoms. The predicted molar refractivity (Wildman–Crippen MR) is 77.5 cm³/mol. The summed E-state index contributed by atoms with van der Waals surface area (Å²) in [5.74, 6) is 1.08. The van der Waals surface area contributed by atoms with Gasteiger partial charge in [0.15, 0.2) is 0 Å². The van der Waals surface area contributed by atoms with E-state index in [-0.39, 0.29) is 0 Å². The normalized spacial score (nSPS) is 31.6. The molecule has 0 bridgehead atoms. The number of benzene rings is 1. The van der Waals surface area contributed by atoms with Crippen LogP contribution in [0.25, 0.3) is 0 Å². The fraction of sp³-hybridized carbons (Fsp3) is 0.625. The molecule has 1 fully saturated rings. The molecule has 0 aromatic heterocycles. The van der Waals surface area contributed by atoms with Gasteiger partial charge in [0, 0.05) is 36.7 Å². The Kier molecular flexibility index (Phi) is 3.76. The molecule has 19 heavy (non-hydrogen) atoms. The molecule has 1 N–H and O–H groups in total. The molecule has 3 nitrogen and oxygen atoms in total. The molecular weight excluding hydrogens is 236 g/mol. The van der Waals surface area contributed by atoms with Gasteiger partial charge >= 0.3 is 0 Å². The molecule has 1 aromatic carbocycles. The second kappa shape index (κ2) is 5.51. The Morgan fingerprint density at radius 1 is 1.26 bits per heavy atom. The maximum Gasteiger partial charge on any atom is 0.124 e. The molecule has 0 amide bonds. The van der Waals surface area contributed by atoms with Crippen LogP contribution in [0.15, 0.2) is 24.3 Å². The summed E-state index contributed by atoms with van der Waals surface area (Å²) in [5.41, 5.74) is 1.38. The third-order valence-corrected chi connectivity index (χ3v) is 4.66. The van der Waals surface area contributed by atoms with E-state index in [1.54, 1.807) is 0 Å². The summed E-state index contributed by atoms with van der Waals surface area (Å²) in [7, 11) is 2.08. The first-order valence-electron chi connectivity index (χ1n) is 7.44. The van der Waals surface area contributed by atoms with E-state index in [2.05, 4.69) is 48.5 Å². The van der Waals surface area contributed by atoms with E-state index in [4.69, 9.17) is 4.74 Å². The van der Waals surface area contributed by atoms with Crippen molar-refractivity contribution < 1.29 is 4.74 Å². The van der Waals surface area contributed by atoms with Gasteiger partial charge in [-0.2, -0.15) is 0 Å². The molecule has 1 saturated heterocycles. The summed E-state index contributed by atoms with van der Waals surface area (Å²) in [6.45, 7) is 4.40. The first-order chi connectivity index (χ1) is 9.29. The highest BCUT2D eigenvalue weighted by atomic mass is 16.5. The van der Waals surface area contributed by atoms with E-state index in [9.17, 15) is 0 Å². The average molecular weight is 260 g/mol. The minimum absolute atomic E-state index is 0.540. The zero-order chi connectivity index (χ0) is 13.2. The van der Waals surface area contributed by atoms with Gasteiger partial charge in [0.1, 0.15) is 5.75 Å². The van der Waals surface area contributed by atoms with Gasteiger partial charge in [0.05, 0.1) is 6.61 Å². The highest BCUT2D eigenvalue weighted by Gasteiger charge is 2.33. The quantitative estimate of drug-likeness (QED) is 0.884. The van der Waals surface area contributed by atoms with Crippen LogP contribution in [0.1, 0.15) is 37.8 Å². The van der Waals surface area contributed by atoms with Crippen LogP contribution in [0.4, 0.5) is 0 Å². The molecule has 1 aromatic rings. The molecule has 0 saturated carbocycles. The molecular formula is C16H24N2O. The summed E-state index contributed by atoms with van der Waals surface area (Å²) in [5, 5.41) is 3.43. The maximum atomic E-state index is 5.78. The van der Waals surface area contributed by atoms with Crippen LogP contribution in [0.5, 0.6) is 5.75 Å². The number of rotatable bonds is 2. The van der Waals surface area contributed by atoms with Crippen molar-refractivity contribution in [1.82, 2.24) is 10.2 Å². The largest absolute Gasteiger partial charge is 0.493 e. The van der Waals surface area contributed by atoms with Crippen molar-refractivity contribution in [2.75, 3.05) is 20.2 Å². The second-order valence-corrected chi connectivity index (χ2v) is 5.79. The molecule has 2 heterocycles. The average Bonchev–Trinajstić information content (AvgIpc) is 2.46. The summed E-state index contributed by atoms with van der Waals surface area (Å²) < 4.78 is 5.78. The molecule has 0 radical (unpaired) electrons. The summed E-state index contributed by atoms with van der Waals surface area (Å²) >= 11 is 0. The van der Waals surface area contributed by atoms with Crippen molar-refractivity contribution in [3.8, 4) is 5.75 Å². The number of piperidine rings is 1. The Labute approximate surface area is 115 Å². The Morgan fingerprint density at radius 2 is 2.11 bits per heavy atom. The van der Waals surface area contributed by atoms with Crippen LogP contribution in [-0.4, -0.2) is 37.2 Å². The zero-order valence-corrected chi connectivity index (χ0v) is 11.9. The van der Waals surface area contributed by atoms with Gasteiger partial charge in [-0.15, -0.1) is 0 Å². The monoisotopic (exact) mass is 260 g/mol. The number of hydrogen-bond acceptors (Lipinski definition) is 3. The van der Waals surface area contributed by atoms with Crippen LogP contribution >= 0.6 is 0 Å². The van der Waals surface area contributed by atoms with E-state index in [1.807, 2.05) is 0 Å². The summed E-state index contributed by atoms with van der Waals surface area (Å²) in [4.78, 5) is 2.68. The first-order valence-corrected chi connectivity index (χ1v) is 7.44. The third kappa shape index (κ3) is 2.49. The van der Waals surface area contributed by atoms with E-state index in [1.165, 1.54) is 24.9 Å². The fourth-order valence-electron chi connectivity index (χ4n) is 3.58. The van der Waals surface area contributed by atoms with E-state index in [0.29, 0.717) is 18.1 Å². The van der Waals surface area contributed by atoms with Gasteiger partial charge in [-0.05, 0) is 32.9 Å². The number of nitrogens with zero attached hydrogens (tertiary/aromatic N) is 1. The van der Waals surface area contributed by atoms with Gasteiger partial charge in [-0.3, -0.25) is 4.90 Å². The predicted octanol–water partition coefficient (Wildman–Crippen LogP) is 2.58. The van der Waals surface area contributed by atoms with E-state index in [0.717, 1.165) is 18.8 Å². The van der Waals surface area contributed by atoms with Gasteiger partial charge in [0.25, 0.3) is 0 Å². The Bertz CT molecular complexity index is 435. The molecule has 2 aliphatic heterocycles. The van der Waals surface area contributed by atoms with Crippen molar-refractivity contribution >= 4 is 0 Å². The Balaban J connectivity index is 1.80. The van der Waals surface area contributed by atoms with Gasteiger partial charge in [-0.1, -0.05) is 18.2 Å². The zero-order valence-electron chi connectivity index (χ0n) is 11.9. The van der Waals surface area contributed by atoms with Crippen LogP contribution in [0.3, 0.4) is 0 Å². The highest BCUT2D eigenvalue weighted by molar-refractivity contribution is 5.37. The molecule has 0 aliphatic carbocycles. The maximum absolute atomic E-state index is 5.78. The highest BCUT2D eigenvalue weighted by Crippen LogP contribution is 2.38. The molecule has 0 spiro atoms. The number of para-hydroxylation sites is 1. The minimum Gasteiger partial charge on any atom is -0.493 e. The number of hydrogen-bond donors (Lipinski definition) is 1. The minimum atomic E-state index is 0.540. The molecule has 104 valence electrons. The Hall–Kier alpha value is -1.06. The van der Waals surface area contributed by atoms with Crippen LogP contribution < -0.4 is 10.1 Å². The van der Waals surface area contributed by atoms with Gasteiger partial charge in [0.2, 0.25) is 0 Å². The van der Waals surface area contributed by atoms with Crippen molar-refractivity contribution in [2.45, 2.75) is 44.3 Å². The van der Waals surface area contributed by atoms with E-state index >= 15 is 0 Å². The van der Waals surface area contributed by atoms with Crippen LogP contribution in [0.2, 0.25) is 0 Å². The second-order valence-electron chi connectivity index (χ2n) is 5.79. The number of nitrogens with one attached hydrogen (secondary N) is 1. The van der Waals surface area contributed by atoms with Gasteiger partial charge in [-0.25, -0.2) is 0 Å². The molecule has 3 atom stereocenters. The topological polar surface area (TPSA) is 24.5 Å². The van der Waals surface area contributed by atoms with Crippen molar-refractivity contribution in [1.29, 1.82) is 0 Å². The first kappa shape index (κ1) is 12.9. The lowest BCUT2D eigenvalue weighted by atomic mass is 9.91. The van der Waals surface area contributed by atoms with Crippen LogP contribution in [-0.2, 0) is 0 Å². The molecule has 2 aliphatic rings. The summed E-state index contributed by atoms with van der Waals surface area (Å²) in [6.07, 6.45) is 3.61.